The zero-order valence-electron chi connectivity index (χ0n) is 10.8. The maximum Gasteiger partial charge on any atom is 0.422 e. The normalized spacial score (nSPS) is 13.4. The van der Waals surface area contributed by atoms with Crippen molar-refractivity contribution in [2.45, 2.75) is 25.6 Å². The minimum absolute atomic E-state index is 0.139. The molecule has 2 rings (SSSR count). The number of aliphatic hydroxyl groups excluding tert-OH is 1. The third kappa shape index (κ3) is 3.60. The van der Waals surface area contributed by atoms with Crippen LogP contribution in [0.15, 0.2) is 30.3 Å². The molecule has 108 valence electrons. The summed E-state index contributed by atoms with van der Waals surface area (Å²) in [6, 6.07) is 7.87. The number of rotatable bonds is 4. The van der Waals surface area contributed by atoms with E-state index in [4.69, 9.17) is 0 Å². The van der Waals surface area contributed by atoms with Gasteiger partial charge in [-0.1, -0.05) is 13.0 Å². The van der Waals surface area contributed by atoms with Crippen molar-refractivity contribution in [3.8, 4) is 5.75 Å². The Bertz CT molecular complexity index is 598. The third-order valence-corrected chi connectivity index (χ3v) is 2.81. The number of ether oxygens (including phenoxy) is 1. The number of aromatic nitrogens is 1. The molecule has 1 N–H and O–H groups in total. The molecule has 0 saturated heterocycles. The average molecular weight is 285 g/mol. The first-order valence-electron chi connectivity index (χ1n) is 6.17. The van der Waals surface area contributed by atoms with Crippen molar-refractivity contribution in [1.82, 2.24) is 4.98 Å². The highest BCUT2D eigenvalue weighted by atomic mass is 19.4. The van der Waals surface area contributed by atoms with Gasteiger partial charge in [-0.3, -0.25) is 4.98 Å². The average Bonchev–Trinajstić information content (AvgIpc) is 2.42. The Morgan fingerprint density at radius 1 is 1.25 bits per heavy atom. The lowest BCUT2D eigenvalue weighted by Gasteiger charge is -2.11. The highest BCUT2D eigenvalue weighted by molar-refractivity contribution is 5.80. The molecule has 1 unspecified atom stereocenters. The van der Waals surface area contributed by atoms with E-state index >= 15 is 0 Å². The highest BCUT2D eigenvalue weighted by Gasteiger charge is 2.28. The van der Waals surface area contributed by atoms with Gasteiger partial charge in [0, 0.05) is 5.39 Å². The number of alkyl halides is 3. The van der Waals surface area contributed by atoms with Crippen LogP contribution in [0.25, 0.3) is 10.9 Å². The standard InChI is InChI=1S/C14H14F3NO2/c1-2-13(19)12-5-3-9-7-10(4-6-11(9)18-12)20-8-14(15,16)17/h3-7,13,19H,2,8H2,1H3. The molecular formula is C14H14F3NO2. The summed E-state index contributed by atoms with van der Waals surface area (Å²) in [6.07, 6.45) is -4.45. The molecule has 1 heterocycles. The van der Waals surface area contributed by atoms with Crippen LogP contribution in [0.5, 0.6) is 5.75 Å². The topological polar surface area (TPSA) is 42.4 Å². The summed E-state index contributed by atoms with van der Waals surface area (Å²) >= 11 is 0. The Morgan fingerprint density at radius 3 is 2.65 bits per heavy atom. The lowest BCUT2D eigenvalue weighted by atomic mass is 10.1. The summed E-state index contributed by atoms with van der Waals surface area (Å²) in [4.78, 5) is 4.27. The minimum Gasteiger partial charge on any atom is -0.484 e. The van der Waals surface area contributed by atoms with Crippen molar-refractivity contribution < 1.29 is 23.0 Å². The van der Waals surface area contributed by atoms with E-state index in [-0.39, 0.29) is 5.75 Å². The van der Waals surface area contributed by atoms with Crippen molar-refractivity contribution >= 4 is 10.9 Å². The molecule has 0 amide bonds. The van der Waals surface area contributed by atoms with Crippen LogP contribution in [0.3, 0.4) is 0 Å². The van der Waals surface area contributed by atoms with Gasteiger partial charge >= 0.3 is 6.18 Å². The number of hydrogen-bond acceptors (Lipinski definition) is 3. The molecule has 0 bridgehead atoms. The monoisotopic (exact) mass is 285 g/mol. The van der Waals surface area contributed by atoms with Crippen molar-refractivity contribution in [2.75, 3.05) is 6.61 Å². The number of aliphatic hydroxyl groups is 1. The van der Waals surface area contributed by atoms with E-state index in [2.05, 4.69) is 9.72 Å². The van der Waals surface area contributed by atoms with Crippen molar-refractivity contribution in [2.24, 2.45) is 0 Å². The van der Waals surface area contributed by atoms with Gasteiger partial charge in [-0.2, -0.15) is 13.2 Å². The maximum absolute atomic E-state index is 12.1. The molecule has 0 fully saturated rings. The third-order valence-electron chi connectivity index (χ3n) is 2.81. The number of nitrogens with zero attached hydrogens (tertiary/aromatic N) is 1. The molecule has 0 aliphatic rings. The van der Waals surface area contributed by atoms with Crippen LogP contribution >= 0.6 is 0 Å². The van der Waals surface area contributed by atoms with Crippen LogP contribution < -0.4 is 4.74 Å². The quantitative estimate of drug-likeness (QED) is 0.933. The van der Waals surface area contributed by atoms with Crippen LogP contribution in [0.1, 0.15) is 25.1 Å². The van der Waals surface area contributed by atoms with Crippen molar-refractivity contribution in [1.29, 1.82) is 0 Å². The first kappa shape index (κ1) is 14.6. The summed E-state index contributed by atoms with van der Waals surface area (Å²) in [5, 5.41) is 10.4. The summed E-state index contributed by atoms with van der Waals surface area (Å²) < 4.78 is 40.9. The smallest absolute Gasteiger partial charge is 0.422 e. The molecule has 0 aliphatic carbocycles. The Kier molecular flexibility index (Phi) is 4.13. The van der Waals surface area contributed by atoms with Gasteiger partial charge in [-0.05, 0) is 30.7 Å². The summed E-state index contributed by atoms with van der Waals surface area (Å²) in [6.45, 7) is 0.517. The first-order valence-corrected chi connectivity index (χ1v) is 6.17. The molecule has 2 aromatic rings. The number of fused-ring (bicyclic) bond motifs is 1. The van der Waals surface area contributed by atoms with Crippen LogP contribution in [-0.2, 0) is 0 Å². The minimum atomic E-state index is -4.36. The van der Waals surface area contributed by atoms with Gasteiger partial charge in [0.05, 0.1) is 17.3 Å². The van der Waals surface area contributed by atoms with Gasteiger partial charge in [0.15, 0.2) is 6.61 Å². The van der Waals surface area contributed by atoms with Gasteiger partial charge in [-0.15, -0.1) is 0 Å². The number of pyridine rings is 1. The summed E-state index contributed by atoms with van der Waals surface area (Å²) in [5.41, 5.74) is 1.15. The van der Waals surface area contributed by atoms with Crippen LogP contribution in [0.4, 0.5) is 13.2 Å². The Labute approximate surface area is 114 Å². The second kappa shape index (κ2) is 5.66. The molecular weight excluding hydrogens is 271 g/mol. The zero-order valence-corrected chi connectivity index (χ0v) is 10.8. The van der Waals surface area contributed by atoms with E-state index in [1.807, 2.05) is 6.92 Å². The van der Waals surface area contributed by atoms with Gasteiger partial charge in [0.2, 0.25) is 0 Å². The van der Waals surface area contributed by atoms with Crippen molar-refractivity contribution in [3.05, 3.63) is 36.0 Å². The maximum atomic E-state index is 12.1. The number of benzene rings is 1. The van der Waals surface area contributed by atoms with E-state index in [0.29, 0.717) is 23.0 Å². The van der Waals surface area contributed by atoms with Gasteiger partial charge in [0.25, 0.3) is 0 Å². The van der Waals surface area contributed by atoms with Crippen molar-refractivity contribution in [3.63, 3.8) is 0 Å². The molecule has 0 spiro atoms. The molecule has 1 aromatic carbocycles. The fourth-order valence-electron chi connectivity index (χ4n) is 1.77. The lowest BCUT2D eigenvalue weighted by Crippen LogP contribution is -2.19. The fraction of sp³-hybridized carbons (Fsp3) is 0.357. The van der Waals surface area contributed by atoms with Gasteiger partial charge < -0.3 is 9.84 Å². The van der Waals surface area contributed by atoms with Crippen LogP contribution in [-0.4, -0.2) is 22.9 Å². The second-order valence-electron chi connectivity index (χ2n) is 4.42. The van der Waals surface area contributed by atoms with Gasteiger partial charge in [-0.25, -0.2) is 0 Å². The molecule has 1 atom stereocenters. The molecule has 6 heteroatoms. The molecule has 3 nitrogen and oxygen atoms in total. The predicted octanol–water partition coefficient (Wildman–Crippen LogP) is 3.62. The van der Waals surface area contributed by atoms with E-state index in [1.165, 1.54) is 12.1 Å². The Morgan fingerprint density at radius 2 is 2.00 bits per heavy atom. The highest BCUT2D eigenvalue weighted by Crippen LogP contribution is 2.24. The fourth-order valence-corrected chi connectivity index (χ4v) is 1.77. The molecule has 0 radical (unpaired) electrons. The SMILES string of the molecule is CCC(O)c1ccc2cc(OCC(F)(F)F)ccc2n1. The summed E-state index contributed by atoms with van der Waals surface area (Å²) in [7, 11) is 0. The van der Waals surface area contributed by atoms with Crippen LogP contribution in [0.2, 0.25) is 0 Å². The largest absolute Gasteiger partial charge is 0.484 e. The zero-order chi connectivity index (χ0) is 14.8. The molecule has 1 aromatic heterocycles. The molecule has 20 heavy (non-hydrogen) atoms. The molecule has 0 aliphatic heterocycles. The van der Waals surface area contributed by atoms with E-state index in [9.17, 15) is 18.3 Å². The Balaban J connectivity index is 2.23. The first-order chi connectivity index (χ1) is 9.39. The van der Waals surface area contributed by atoms with Gasteiger partial charge in [0.1, 0.15) is 5.75 Å². The second-order valence-corrected chi connectivity index (χ2v) is 4.42. The predicted molar refractivity (Wildman–Crippen MR) is 68.5 cm³/mol. The number of halogens is 3. The lowest BCUT2D eigenvalue weighted by molar-refractivity contribution is -0.153. The Hall–Kier alpha value is -1.82. The number of hydrogen-bond donors (Lipinski definition) is 1. The van der Waals surface area contributed by atoms with Crippen LogP contribution in [0, 0.1) is 0 Å². The van der Waals surface area contributed by atoms with E-state index in [0.717, 1.165) is 0 Å². The summed E-state index contributed by atoms with van der Waals surface area (Å²) in [5.74, 6) is 0.139. The molecule has 0 saturated carbocycles. The van der Waals surface area contributed by atoms with E-state index in [1.54, 1.807) is 18.2 Å². The van der Waals surface area contributed by atoms with E-state index < -0.39 is 18.9 Å².